The number of carbonyl (C=O) groups is 1. The fourth-order valence-corrected chi connectivity index (χ4v) is 4.67. The Bertz CT molecular complexity index is 970. The van der Waals surface area contributed by atoms with Gasteiger partial charge in [-0.15, -0.1) is 0 Å². The molecule has 3 aromatic carbocycles. The highest BCUT2D eigenvalue weighted by molar-refractivity contribution is 5.78. The molecular formula is C29H35N3O. The third-order valence-corrected chi connectivity index (χ3v) is 6.66. The van der Waals surface area contributed by atoms with Crippen molar-refractivity contribution in [1.29, 1.82) is 0 Å². The second-order valence-electron chi connectivity index (χ2n) is 9.06. The Labute approximate surface area is 198 Å². The zero-order valence-corrected chi connectivity index (χ0v) is 19.6. The van der Waals surface area contributed by atoms with E-state index < -0.39 is 0 Å². The van der Waals surface area contributed by atoms with Crippen molar-refractivity contribution >= 4 is 11.6 Å². The number of likely N-dealkylation sites (tertiary alicyclic amines) is 1. The normalized spacial score (nSPS) is 15.7. The van der Waals surface area contributed by atoms with Crippen molar-refractivity contribution in [3.8, 4) is 0 Å². The summed E-state index contributed by atoms with van der Waals surface area (Å²) in [5.74, 6) is 0.313. The summed E-state index contributed by atoms with van der Waals surface area (Å²) >= 11 is 0. The molecule has 0 aromatic heterocycles. The van der Waals surface area contributed by atoms with Crippen LogP contribution in [0.15, 0.2) is 91.0 Å². The lowest BCUT2D eigenvalue weighted by Crippen LogP contribution is -2.47. The van der Waals surface area contributed by atoms with E-state index in [4.69, 9.17) is 0 Å². The Morgan fingerprint density at radius 1 is 0.879 bits per heavy atom. The highest BCUT2D eigenvalue weighted by Crippen LogP contribution is 2.22. The van der Waals surface area contributed by atoms with E-state index in [2.05, 4.69) is 94.8 Å². The van der Waals surface area contributed by atoms with Gasteiger partial charge in [0, 0.05) is 37.3 Å². The molecule has 33 heavy (non-hydrogen) atoms. The number of para-hydroxylation sites is 1. The van der Waals surface area contributed by atoms with E-state index in [1.165, 1.54) is 11.3 Å². The van der Waals surface area contributed by atoms with Crippen LogP contribution in [-0.4, -0.2) is 36.5 Å². The van der Waals surface area contributed by atoms with Gasteiger partial charge in [-0.05, 0) is 56.1 Å². The highest BCUT2D eigenvalue weighted by atomic mass is 16.1. The maximum atomic E-state index is 12.7. The molecular weight excluding hydrogens is 406 g/mol. The molecule has 0 radical (unpaired) electrons. The van der Waals surface area contributed by atoms with Crippen molar-refractivity contribution < 1.29 is 4.79 Å². The monoisotopic (exact) mass is 441 g/mol. The van der Waals surface area contributed by atoms with E-state index >= 15 is 0 Å². The van der Waals surface area contributed by atoms with Gasteiger partial charge in [0.1, 0.15) is 0 Å². The molecule has 1 atom stereocenters. The molecule has 1 aliphatic rings. The van der Waals surface area contributed by atoms with E-state index in [-0.39, 0.29) is 11.8 Å². The summed E-state index contributed by atoms with van der Waals surface area (Å²) < 4.78 is 0. The van der Waals surface area contributed by atoms with Gasteiger partial charge in [-0.3, -0.25) is 9.69 Å². The lowest BCUT2D eigenvalue weighted by molar-refractivity contribution is -0.126. The lowest BCUT2D eigenvalue weighted by Gasteiger charge is -2.38. The standard InChI is InChI=1S/C29H35N3O/c1-24(22-32(28-15-9-4-10-16-28)23-26-13-7-3-8-14-26)31-19-17-27(18-20-31)29(33)30-21-25-11-5-2-6-12-25/h2-16,24,27H,17-23H2,1H3,(H,30,33). The first-order chi connectivity index (χ1) is 16.2. The Balaban J connectivity index is 1.30. The minimum atomic E-state index is 0.117. The average molecular weight is 442 g/mol. The smallest absolute Gasteiger partial charge is 0.223 e. The minimum absolute atomic E-state index is 0.117. The number of hydrogen-bond acceptors (Lipinski definition) is 3. The van der Waals surface area contributed by atoms with Crippen LogP contribution in [0, 0.1) is 5.92 Å². The quantitative estimate of drug-likeness (QED) is 0.501. The van der Waals surface area contributed by atoms with Crippen LogP contribution in [0.1, 0.15) is 30.9 Å². The van der Waals surface area contributed by atoms with E-state index in [0.29, 0.717) is 12.6 Å². The summed E-state index contributed by atoms with van der Waals surface area (Å²) in [5, 5.41) is 3.13. The molecule has 4 nitrogen and oxygen atoms in total. The van der Waals surface area contributed by atoms with Gasteiger partial charge < -0.3 is 10.2 Å². The topological polar surface area (TPSA) is 35.6 Å². The van der Waals surface area contributed by atoms with Crippen LogP contribution in [0.5, 0.6) is 0 Å². The molecule has 1 aliphatic heterocycles. The van der Waals surface area contributed by atoms with E-state index in [1.54, 1.807) is 0 Å². The molecule has 1 saturated heterocycles. The second kappa shape index (κ2) is 11.7. The summed E-state index contributed by atoms with van der Waals surface area (Å²) in [7, 11) is 0. The van der Waals surface area contributed by atoms with Crippen LogP contribution in [0.25, 0.3) is 0 Å². The molecule has 0 saturated carbocycles. The van der Waals surface area contributed by atoms with Crippen LogP contribution >= 0.6 is 0 Å². The number of amides is 1. The van der Waals surface area contributed by atoms with Crippen molar-refractivity contribution in [3.05, 3.63) is 102 Å². The molecule has 1 N–H and O–H groups in total. The number of nitrogens with one attached hydrogen (secondary N) is 1. The molecule has 3 aromatic rings. The van der Waals surface area contributed by atoms with Crippen molar-refractivity contribution in [2.75, 3.05) is 24.5 Å². The van der Waals surface area contributed by atoms with Crippen LogP contribution in [-0.2, 0) is 17.9 Å². The maximum Gasteiger partial charge on any atom is 0.223 e. The van der Waals surface area contributed by atoms with Crippen molar-refractivity contribution in [3.63, 3.8) is 0 Å². The summed E-state index contributed by atoms with van der Waals surface area (Å²) in [6.45, 7) is 6.73. The van der Waals surface area contributed by atoms with Crippen molar-refractivity contribution in [1.82, 2.24) is 10.2 Å². The molecule has 0 bridgehead atoms. The molecule has 0 aliphatic carbocycles. The van der Waals surface area contributed by atoms with Crippen LogP contribution in [0.4, 0.5) is 5.69 Å². The van der Waals surface area contributed by atoms with Crippen molar-refractivity contribution in [2.24, 2.45) is 5.92 Å². The number of nitrogens with zero attached hydrogens (tertiary/aromatic N) is 2. The fourth-order valence-electron chi connectivity index (χ4n) is 4.67. The molecule has 4 heteroatoms. The van der Waals surface area contributed by atoms with Crippen LogP contribution < -0.4 is 10.2 Å². The van der Waals surface area contributed by atoms with Gasteiger partial charge in [0.2, 0.25) is 5.91 Å². The van der Waals surface area contributed by atoms with Crippen molar-refractivity contribution in [2.45, 2.75) is 38.9 Å². The number of hydrogen-bond donors (Lipinski definition) is 1. The Morgan fingerprint density at radius 3 is 2.03 bits per heavy atom. The van der Waals surface area contributed by atoms with Gasteiger partial charge >= 0.3 is 0 Å². The molecule has 4 rings (SSSR count). The predicted molar refractivity (Wildman–Crippen MR) is 136 cm³/mol. The van der Waals surface area contributed by atoms with Gasteiger partial charge in [-0.1, -0.05) is 78.9 Å². The van der Waals surface area contributed by atoms with E-state index in [1.807, 2.05) is 18.2 Å². The SMILES string of the molecule is CC(CN(Cc1ccccc1)c1ccccc1)N1CCC(C(=O)NCc2ccccc2)CC1. The number of carbonyl (C=O) groups excluding carboxylic acids is 1. The third-order valence-electron chi connectivity index (χ3n) is 6.66. The minimum Gasteiger partial charge on any atom is -0.366 e. The van der Waals surface area contributed by atoms with Gasteiger partial charge in [-0.2, -0.15) is 0 Å². The van der Waals surface area contributed by atoms with Crippen LogP contribution in [0.2, 0.25) is 0 Å². The largest absolute Gasteiger partial charge is 0.366 e. The summed E-state index contributed by atoms with van der Waals surface area (Å²) in [5.41, 5.74) is 3.72. The maximum absolute atomic E-state index is 12.7. The summed E-state index contributed by atoms with van der Waals surface area (Å²) in [6, 6.07) is 31.9. The zero-order valence-electron chi connectivity index (χ0n) is 19.6. The Kier molecular flexibility index (Phi) is 8.15. The molecule has 1 unspecified atom stereocenters. The van der Waals surface area contributed by atoms with Crippen LogP contribution in [0.3, 0.4) is 0 Å². The summed E-state index contributed by atoms with van der Waals surface area (Å²) in [6.07, 6.45) is 1.85. The van der Waals surface area contributed by atoms with Gasteiger partial charge in [-0.25, -0.2) is 0 Å². The van der Waals surface area contributed by atoms with E-state index in [0.717, 1.165) is 44.6 Å². The second-order valence-corrected chi connectivity index (χ2v) is 9.06. The molecule has 1 fully saturated rings. The first kappa shape index (κ1) is 23.1. The number of anilines is 1. The molecule has 172 valence electrons. The average Bonchev–Trinajstić information content (AvgIpc) is 2.88. The van der Waals surface area contributed by atoms with Gasteiger partial charge in [0.05, 0.1) is 0 Å². The number of benzene rings is 3. The number of rotatable bonds is 9. The molecule has 1 heterocycles. The molecule has 1 amide bonds. The first-order valence-corrected chi connectivity index (χ1v) is 12.1. The van der Waals surface area contributed by atoms with Gasteiger partial charge in [0.25, 0.3) is 0 Å². The molecule has 0 spiro atoms. The number of piperidine rings is 1. The fraction of sp³-hybridized carbons (Fsp3) is 0.345. The lowest BCUT2D eigenvalue weighted by atomic mass is 9.94. The highest BCUT2D eigenvalue weighted by Gasteiger charge is 2.28. The Morgan fingerprint density at radius 2 is 1.42 bits per heavy atom. The zero-order chi connectivity index (χ0) is 22.9. The third kappa shape index (κ3) is 6.69. The Hall–Kier alpha value is -3.11. The van der Waals surface area contributed by atoms with E-state index in [9.17, 15) is 4.79 Å². The summed E-state index contributed by atoms with van der Waals surface area (Å²) in [4.78, 5) is 17.7. The van der Waals surface area contributed by atoms with Gasteiger partial charge in [0.15, 0.2) is 0 Å². The first-order valence-electron chi connectivity index (χ1n) is 12.1. The predicted octanol–water partition coefficient (Wildman–Crippen LogP) is 5.11.